The van der Waals surface area contributed by atoms with E-state index in [-0.39, 0.29) is 5.76 Å². The molecule has 10 N–H and O–H groups in total. The van der Waals surface area contributed by atoms with Crippen molar-refractivity contribution >= 4 is 11.0 Å². The van der Waals surface area contributed by atoms with Crippen LogP contribution in [0.4, 0.5) is 0 Å². The molecule has 2 aromatic carbocycles. The van der Waals surface area contributed by atoms with Crippen molar-refractivity contribution in [3.8, 4) is 22.8 Å². The molecule has 2 aliphatic rings. The molecule has 3 aromatic rings. The van der Waals surface area contributed by atoms with Gasteiger partial charge in [0.15, 0.2) is 11.0 Å². The summed E-state index contributed by atoms with van der Waals surface area (Å²) in [5.74, 6) is -1.92. The highest BCUT2D eigenvalue weighted by molar-refractivity contribution is 5.91. The fourth-order valence-electron chi connectivity index (χ4n) is 5.37. The lowest BCUT2D eigenvalue weighted by molar-refractivity contribution is -0.234. The average Bonchev–Trinajstić information content (AvgIpc) is 2.97. The van der Waals surface area contributed by atoms with Crippen molar-refractivity contribution in [1.82, 2.24) is 0 Å². The van der Waals surface area contributed by atoms with Gasteiger partial charge in [-0.15, -0.1) is 0 Å². The average molecular weight is 579 g/mol. The molecular weight excluding hydrogens is 548 g/mol. The van der Waals surface area contributed by atoms with Gasteiger partial charge < -0.3 is 65.0 Å². The van der Waals surface area contributed by atoms with Gasteiger partial charge >= 0.3 is 0 Å². The van der Waals surface area contributed by atoms with E-state index in [4.69, 9.17) is 13.9 Å². The number of ether oxygens (including phenoxy) is 2. The fourth-order valence-corrected chi connectivity index (χ4v) is 5.37. The normalized spacial score (nSPS) is 34.1. The second-order valence-corrected chi connectivity index (χ2v) is 10.1. The zero-order valence-electron chi connectivity index (χ0n) is 21.3. The SMILES string of the molecule is O=c1cc(-c2ccccc2)oc2c([C@@H]3O[C@@H](CO)[C@@H](O)[C@@H](O)[C@H]3O)c(O)c([C@@H]3O[C@@H](CO)[C@@H](O)[C@@H](O)[C@H]3O)c(O)c12. The number of aliphatic hydroxyl groups excluding tert-OH is 8. The van der Waals surface area contributed by atoms with Crippen LogP contribution in [0.5, 0.6) is 11.5 Å². The molecule has 0 spiro atoms. The van der Waals surface area contributed by atoms with E-state index >= 15 is 0 Å². The van der Waals surface area contributed by atoms with Gasteiger partial charge in [-0.3, -0.25) is 4.79 Å². The second kappa shape index (κ2) is 11.3. The van der Waals surface area contributed by atoms with Crippen LogP contribution in [-0.4, -0.2) is 113 Å². The van der Waals surface area contributed by atoms with Crippen molar-refractivity contribution in [2.75, 3.05) is 13.2 Å². The number of phenolic OH excluding ortho intramolecular Hbond substituents is 2. The molecule has 10 atom stereocenters. The van der Waals surface area contributed by atoms with E-state index in [0.717, 1.165) is 6.07 Å². The van der Waals surface area contributed by atoms with Crippen LogP contribution in [0.2, 0.25) is 0 Å². The Balaban J connectivity index is 1.82. The largest absolute Gasteiger partial charge is 0.507 e. The summed E-state index contributed by atoms with van der Waals surface area (Å²) < 4.78 is 17.1. The van der Waals surface area contributed by atoms with E-state index in [9.17, 15) is 55.9 Å². The third-order valence-corrected chi connectivity index (χ3v) is 7.61. The topological polar surface area (TPSA) is 251 Å². The predicted molar refractivity (Wildman–Crippen MR) is 137 cm³/mol. The Morgan fingerprint density at radius 2 is 1.17 bits per heavy atom. The van der Waals surface area contributed by atoms with E-state index in [1.165, 1.54) is 0 Å². The van der Waals surface area contributed by atoms with Gasteiger partial charge in [-0.2, -0.15) is 0 Å². The Morgan fingerprint density at radius 3 is 1.68 bits per heavy atom. The minimum absolute atomic E-state index is 0.0201. The summed E-state index contributed by atoms with van der Waals surface area (Å²) in [4.78, 5) is 13.4. The fraction of sp³-hybridized carbons (Fsp3) is 0.444. The number of aliphatic hydroxyl groups is 8. The van der Waals surface area contributed by atoms with E-state index in [1.54, 1.807) is 30.3 Å². The Kier molecular flexibility index (Phi) is 8.06. The second-order valence-electron chi connectivity index (χ2n) is 10.1. The van der Waals surface area contributed by atoms with Crippen molar-refractivity contribution in [1.29, 1.82) is 0 Å². The third-order valence-electron chi connectivity index (χ3n) is 7.61. The number of phenols is 2. The van der Waals surface area contributed by atoms with Crippen molar-refractivity contribution in [2.45, 2.75) is 61.0 Å². The first-order chi connectivity index (χ1) is 19.5. The monoisotopic (exact) mass is 578 g/mol. The van der Waals surface area contributed by atoms with Crippen molar-refractivity contribution in [2.24, 2.45) is 0 Å². The number of fused-ring (bicyclic) bond motifs is 1. The van der Waals surface area contributed by atoms with Crippen molar-refractivity contribution in [3.05, 3.63) is 57.7 Å². The maximum atomic E-state index is 13.4. The highest BCUT2D eigenvalue weighted by Gasteiger charge is 2.50. The molecule has 2 fully saturated rings. The lowest BCUT2D eigenvalue weighted by Crippen LogP contribution is -2.55. The molecule has 1 aromatic heterocycles. The predicted octanol–water partition coefficient (Wildman–Crippen LogP) is -2.10. The van der Waals surface area contributed by atoms with Crippen LogP contribution in [0.25, 0.3) is 22.3 Å². The van der Waals surface area contributed by atoms with Gasteiger partial charge in [0.1, 0.15) is 83.7 Å². The first-order valence-corrected chi connectivity index (χ1v) is 12.7. The summed E-state index contributed by atoms with van der Waals surface area (Å²) in [5.41, 5.74) is -2.12. The molecular formula is C27H30O14. The van der Waals surface area contributed by atoms with Gasteiger partial charge in [0, 0.05) is 11.6 Å². The number of rotatable bonds is 5. The number of hydrogen-bond acceptors (Lipinski definition) is 14. The molecule has 0 radical (unpaired) electrons. The van der Waals surface area contributed by atoms with Crippen LogP contribution in [0, 0.1) is 0 Å². The zero-order valence-corrected chi connectivity index (χ0v) is 21.3. The van der Waals surface area contributed by atoms with Crippen LogP contribution in [-0.2, 0) is 9.47 Å². The third kappa shape index (κ3) is 4.77. The minimum atomic E-state index is -2.00. The molecule has 0 bridgehead atoms. The smallest absolute Gasteiger partial charge is 0.197 e. The van der Waals surface area contributed by atoms with E-state index < -0.39 is 113 Å². The van der Waals surface area contributed by atoms with Crippen LogP contribution in [0.3, 0.4) is 0 Å². The van der Waals surface area contributed by atoms with Crippen molar-refractivity contribution < 1.29 is 65.0 Å². The summed E-state index contributed by atoms with van der Waals surface area (Å²) in [5, 5.41) is 105. The summed E-state index contributed by atoms with van der Waals surface area (Å²) >= 11 is 0. The molecule has 2 saturated heterocycles. The standard InChI is InChI=1S/C27H30O14/c28-7-12-17(31)21(35)23(37)26(40-12)15-19(33)14-10(30)6-11(9-4-2-1-3-5-9)39-25(14)16(20(15)34)27-24(38)22(36)18(32)13(8-29)41-27/h1-6,12-13,17-18,21-24,26-29,31-38H,7-8H2/t12-,13-,17+,18+,21+,22+,23+,24+,26-,27-/m0/s1. The highest BCUT2D eigenvalue weighted by Crippen LogP contribution is 2.50. The van der Waals surface area contributed by atoms with Crippen LogP contribution in [0.15, 0.2) is 45.6 Å². The van der Waals surface area contributed by atoms with Gasteiger partial charge in [0.25, 0.3) is 0 Å². The number of aromatic hydroxyl groups is 2. The van der Waals surface area contributed by atoms with Gasteiger partial charge in [-0.1, -0.05) is 30.3 Å². The first kappa shape index (κ1) is 29.3. The maximum Gasteiger partial charge on any atom is 0.197 e. The molecule has 0 saturated carbocycles. The first-order valence-electron chi connectivity index (χ1n) is 12.7. The highest BCUT2D eigenvalue weighted by atomic mass is 16.6. The maximum absolute atomic E-state index is 13.4. The van der Waals surface area contributed by atoms with Crippen molar-refractivity contribution in [3.63, 3.8) is 0 Å². The Labute approximate surface area is 231 Å². The summed E-state index contributed by atoms with van der Waals surface area (Å²) in [6.07, 6.45) is -17.9. The zero-order chi connectivity index (χ0) is 29.7. The number of benzene rings is 2. The molecule has 222 valence electrons. The summed E-state index contributed by atoms with van der Waals surface area (Å²) in [6.45, 7) is -1.66. The Morgan fingerprint density at radius 1 is 0.659 bits per heavy atom. The van der Waals surface area contributed by atoms with Crippen LogP contribution >= 0.6 is 0 Å². The van der Waals surface area contributed by atoms with Gasteiger partial charge in [0.05, 0.1) is 24.3 Å². The Bertz CT molecular complexity index is 1450. The van der Waals surface area contributed by atoms with E-state index in [0.29, 0.717) is 5.56 Å². The van der Waals surface area contributed by atoms with E-state index in [2.05, 4.69) is 0 Å². The molecule has 3 heterocycles. The molecule has 0 amide bonds. The van der Waals surface area contributed by atoms with Gasteiger partial charge in [-0.05, 0) is 0 Å². The molecule has 5 rings (SSSR count). The number of hydrogen-bond donors (Lipinski definition) is 10. The lowest BCUT2D eigenvalue weighted by atomic mass is 9.85. The molecule has 0 unspecified atom stereocenters. The van der Waals surface area contributed by atoms with E-state index in [1.807, 2.05) is 0 Å². The van der Waals surface area contributed by atoms with Gasteiger partial charge in [0.2, 0.25) is 0 Å². The van der Waals surface area contributed by atoms with Crippen LogP contribution < -0.4 is 5.43 Å². The minimum Gasteiger partial charge on any atom is -0.507 e. The summed E-state index contributed by atoms with van der Waals surface area (Å²) in [7, 11) is 0. The quantitative estimate of drug-likeness (QED) is 0.156. The lowest BCUT2D eigenvalue weighted by Gasteiger charge is -2.42. The molecule has 14 heteroatoms. The molecule has 2 aliphatic heterocycles. The van der Waals surface area contributed by atoms with Gasteiger partial charge in [-0.25, -0.2) is 0 Å². The molecule has 41 heavy (non-hydrogen) atoms. The molecule has 0 aliphatic carbocycles. The summed E-state index contributed by atoms with van der Waals surface area (Å²) in [6, 6.07) is 9.30. The van der Waals surface area contributed by atoms with Crippen LogP contribution in [0.1, 0.15) is 23.3 Å². The molecule has 14 nitrogen and oxygen atoms in total. The Hall–Kier alpha value is -3.15.